The van der Waals surface area contributed by atoms with E-state index in [-0.39, 0.29) is 23.0 Å². The Morgan fingerprint density at radius 2 is 1.03 bits per heavy atom. The van der Waals surface area contributed by atoms with Crippen LogP contribution in [0, 0.1) is 27.7 Å². The van der Waals surface area contributed by atoms with Crippen LogP contribution in [0.4, 0.5) is 34.1 Å². The van der Waals surface area contributed by atoms with Crippen LogP contribution in [0.3, 0.4) is 0 Å². The standard InChI is InChI=1S/C56H57BN2S2/c1-32-25-37(48-29-36-17-14-15-20-46(36)60-48)26-33(2)50(32)58-43-23-21-39(55(8,9)10)31-42(43)57-49-44(58)18-16-19-45(49)59(51-34(3)27-40(28-35(51)4)56(11,12)13)52-41-30-38(54(5,6)7)22-24-47(41)61-53(52)57/h14-31H,1-13H3. The molecule has 0 unspecified atom stereocenters. The predicted octanol–water partition coefficient (Wildman–Crippen LogP) is 15.0. The van der Waals surface area contributed by atoms with Crippen LogP contribution in [0.2, 0.25) is 0 Å². The van der Waals surface area contributed by atoms with Crippen LogP contribution < -0.4 is 25.5 Å². The molecule has 2 aliphatic rings. The van der Waals surface area contributed by atoms with E-state index in [1.165, 1.54) is 119 Å². The summed E-state index contributed by atoms with van der Waals surface area (Å²) in [5, 5.41) is 2.66. The van der Waals surface area contributed by atoms with Crippen LogP contribution in [0.5, 0.6) is 0 Å². The molecular weight excluding hydrogens is 776 g/mol. The SMILES string of the molecule is Cc1cc(-c2cc3ccccc3s2)cc(C)c1N1c2ccc(C(C)(C)C)cc2B2c3sc4ccc(C(C)(C)C)cc4c3N(c3c(C)cc(C(C)(C)C)cc3C)c3cccc1c32. The van der Waals surface area contributed by atoms with Gasteiger partial charge in [-0.1, -0.05) is 117 Å². The van der Waals surface area contributed by atoms with Crippen LogP contribution in [0.1, 0.15) is 101 Å². The summed E-state index contributed by atoms with van der Waals surface area (Å²) < 4.78 is 4.11. The van der Waals surface area contributed by atoms with E-state index in [4.69, 9.17) is 0 Å². The van der Waals surface area contributed by atoms with E-state index in [1.807, 2.05) is 22.7 Å². The summed E-state index contributed by atoms with van der Waals surface area (Å²) in [6.45, 7) is 30.4. The molecule has 306 valence electrons. The van der Waals surface area contributed by atoms with E-state index < -0.39 is 0 Å². The van der Waals surface area contributed by atoms with Crippen LogP contribution in [-0.4, -0.2) is 6.71 Å². The van der Waals surface area contributed by atoms with E-state index >= 15 is 0 Å². The molecule has 2 aromatic heterocycles. The minimum atomic E-state index is -0.00822. The van der Waals surface area contributed by atoms with Gasteiger partial charge in [-0.05, 0) is 159 Å². The van der Waals surface area contributed by atoms with Gasteiger partial charge in [0, 0.05) is 41.5 Å². The largest absolute Gasteiger partial charge is 0.311 e. The van der Waals surface area contributed by atoms with Crippen molar-refractivity contribution >= 4 is 99.4 Å². The van der Waals surface area contributed by atoms with Gasteiger partial charge in [-0.15, -0.1) is 22.7 Å². The fourth-order valence-corrected chi connectivity index (χ4v) is 12.5. The number of thiophene rings is 2. The molecule has 5 heteroatoms. The summed E-state index contributed by atoms with van der Waals surface area (Å²) in [4.78, 5) is 6.61. The molecule has 0 aliphatic carbocycles. The fourth-order valence-electron chi connectivity index (χ4n) is 10.1. The van der Waals surface area contributed by atoms with Gasteiger partial charge in [-0.3, -0.25) is 0 Å². The Hall–Kier alpha value is -5.10. The van der Waals surface area contributed by atoms with Crippen LogP contribution in [0.25, 0.3) is 30.6 Å². The lowest BCUT2D eigenvalue weighted by Gasteiger charge is -2.44. The third-order valence-corrected chi connectivity index (χ3v) is 15.7. The summed E-state index contributed by atoms with van der Waals surface area (Å²) in [5.74, 6) is 0. The molecule has 8 aromatic rings. The molecule has 0 atom stereocenters. The zero-order valence-corrected chi connectivity index (χ0v) is 39.8. The maximum absolute atomic E-state index is 2.67. The number of benzene rings is 6. The van der Waals surface area contributed by atoms with Crippen LogP contribution in [0.15, 0.2) is 109 Å². The molecule has 0 fully saturated rings. The Morgan fingerprint density at radius 1 is 0.459 bits per heavy atom. The third kappa shape index (κ3) is 6.32. The topological polar surface area (TPSA) is 6.48 Å². The van der Waals surface area contributed by atoms with Gasteiger partial charge in [0.25, 0.3) is 6.71 Å². The van der Waals surface area contributed by atoms with E-state index in [2.05, 4.69) is 209 Å². The van der Waals surface area contributed by atoms with Crippen molar-refractivity contribution in [2.45, 2.75) is 106 Å². The number of nitrogens with zero attached hydrogens (tertiary/aromatic N) is 2. The number of rotatable bonds is 3. The van der Waals surface area contributed by atoms with Gasteiger partial charge in [0.05, 0.1) is 17.1 Å². The van der Waals surface area contributed by atoms with Gasteiger partial charge in [0.2, 0.25) is 0 Å². The van der Waals surface area contributed by atoms with Gasteiger partial charge in [-0.25, -0.2) is 0 Å². The highest BCUT2D eigenvalue weighted by atomic mass is 32.1. The Labute approximate surface area is 372 Å². The molecule has 0 spiro atoms. The molecule has 0 saturated carbocycles. The van der Waals surface area contributed by atoms with E-state index in [0.29, 0.717) is 0 Å². The maximum Gasteiger partial charge on any atom is 0.264 e. The summed E-state index contributed by atoms with van der Waals surface area (Å²) in [7, 11) is 0. The quantitative estimate of drug-likeness (QED) is 0.164. The Morgan fingerprint density at radius 3 is 1.67 bits per heavy atom. The first-order valence-corrected chi connectivity index (χ1v) is 23.6. The second-order valence-corrected chi connectivity index (χ2v) is 23.1. The monoisotopic (exact) mass is 832 g/mol. The first-order valence-electron chi connectivity index (χ1n) is 22.0. The summed E-state index contributed by atoms with van der Waals surface area (Å²) >= 11 is 3.88. The van der Waals surface area contributed by atoms with Gasteiger partial charge >= 0.3 is 0 Å². The minimum absolute atomic E-state index is 0.00822. The van der Waals surface area contributed by atoms with Gasteiger partial charge < -0.3 is 9.80 Å². The van der Waals surface area contributed by atoms with Crippen molar-refractivity contribution in [1.29, 1.82) is 0 Å². The minimum Gasteiger partial charge on any atom is -0.311 e. The van der Waals surface area contributed by atoms with Crippen molar-refractivity contribution in [2.75, 3.05) is 9.80 Å². The van der Waals surface area contributed by atoms with Gasteiger partial charge in [-0.2, -0.15) is 0 Å². The summed E-state index contributed by atoms with van der Waals surface area (Å²) in [5.41, 5.74) is 21.1. The Bertz CT molecular complexity index is 3020. The van der Waals surface area contributed by atoms with Crippen molar-refractivity contribution in [3.8, 4) is 10.4 Å². The molecule has 61 heavy (non-hydrogen) atoms. The average molecular weight is 833 g/mol. The normalized spacial score (nSPS) is 13.9. The number of hydrogen-bond donors (Lipinski definition) is 0. The molecule has 6 aromatic carbocycles. The second kappa shape index (κ2) is 13.7. The zero-order chi connectivity index (χ0) is 43.1. The number of hydrogen-bond acceptors (Lipinski definition) is 4. The zero-order valence-electron chi connectivity index (χ0n) is 38.2. The smallest absolute Gasteiger partial charge is 0.264 e. The first kappa shape index (κ1) is 40.0. The molecule has 0 saturated heterocycles. The molecule has 10 rings (SSSR count). The van der Waals surface area contributed by atoms with Crippen molar-refractivity contribution in [1.82, 2.24) is 0 Å². The van der Waals surface area contributed by atoms with Gasteiger partial charge in [0.15, 0.2) is 0 Å². The molecule has 2 nitrogen and oxygen atoms in total. The highest BCUT2D eigenvalue weighted by Crippen LogP contribution is 2.51. The predicted molar refractivity (Wildman–Crippen MR) is 272 cm³/mol. The van der Waals surface area contributed by atoms with Crippen LogP contribution >= 0.6 is 22.7 Å². The second-order valence-electron chi connectivity index (χ2n) is 20.9. The van der Waals surface area contributed by atoms with Crippen molar-refractivity contribution in [3.63, 3.8) is 0 Å². The van der Waals surface area contributed by atoms with Crippen LogP contribution in [-0.2, 0) is 16.2 Å². The Kier molecular flexibility index (Phi) is 8.99. The van der Waals surface area contributed by atoms with Crippen molar-refractivity contribution < 1.29 is 0 Å². The summed E-state index contributed by atoms with van der Waals surface area (Å²) in [6.07, 6.45) is 0. The first-order chi connectivity index (χ1) is 28.8. The average Bonchev–Trinajstić information content (AvgIpc) is 3.79. The molecule has 0 radical (unpaired) electrons. The molecule has 2 aliphatic heterocycles. The number of aryl methyl sites for hydroxylation is 4. The van der Waals surface area contributed by atoms with E-state index in [0.717, 1.165) is 0 Å². The fraction of sp³-hybridized carbons (Fsp3) is 0.286. The highest BCUT2D eigenvalue weighted by Gasteiger charge is 2.46. The van der Waals surface area contributed by atoms with Crippen molar-refractivity contribution in [2.24, 2.45) is 0 Å². The molecule has 4 heterocycles. The molecule has 0 N–H and O–H groups in total. The molecular formula is C56H57BN2S2. The maximum atomic E-state index is 2.67. The van der Waals surface area contributed by atoms with E-state index in [9.17, 15) is 0 Å². The third-order valence-electron chi connectivity index (χ3n) is 13.3. The lowest BCUT2D eigenvalue weighted by molar-refractivity contribution is 0.589. The number of anilines is 6. The van der Waals surface area contributed by atoms with Crippen molar-refractivity contribution in [3.05, 3.63) is 148 Å². The number of fused-ring (bicyclic) bond motifs is 7. The van der Waals surface area contributed by atoms with Gasteiger partial charge in [0.1, 0.15) is 0 Å². The lowest BCUT2D eigenvalue weighted by atomic mass is 9.36. The highest BCUT2D eigenvalue weighted by molar-refractivity contribution is 7.33. The molecule has 0 amide bonds. The Balaban J connectivity index is 1.28. The summed E-state index contributed by atoms with van der Waals surface area (Å²) in [6, 6.07) is 42.6. The van der Waals surface area contributed by atoms with E-state index in [1.54, 1.807) is 0 Å². The molecule has 0 bridgehead atoms. The lowest BCUT2D eigenvalue weighted by Crippen LogP contribution is -2.60.